The number of anilines is 1. The van der Waals surface area contributed by atoms with Crippen LogP contribution in [0.15, 0.2) is 36.5 Å². The number of carboxylic acids is 1. The second-order valence-corrected chi connectivity index (χ2v) is 5.03. The van der Waals surface area contributed by atoms with E-state index in [0.29, 0.717) is 13.1 Å². The van der Waals surface area contributed by atoms with Crippen LogP contribution in [-0.2, 0) is 9.53 Å². The number of rotatable bonds is 2. The summed E-state index contributed by atoms with van der Waals surface area (Å²) >= 11 is 0. The molecule has 0 amide bonds. The van der Waals surface area contributed by atoms with Crippen LogP contribution in [0.4, 0.5) is 5.69 Å². The van der Waals surface area contributed by atoms with Crippen molar-refractivity contribution in [3.8, 4) is 0 Å². The van der Waals surface area contributed by atoms with Crippen molar-refractivity contribution < 1.29 is 14.6 Å². The van der Waals surface area contributed by atoms with E-state index < -0.39 is 12.1 Å². The largest absolute Gasteiger partial charge is 0.479 e. The predicted molar refractivity (Wildman–Crippen MR) is 75.9 cm³/mol. The molecule has 2 atom stereocenters. The van der Waals surface area contributed by atoms with Crippen molar-refractivity contribution in [3.05, 3.63) is 36.5 Å². The number of pyridine rings is 1. The molecule has 0 bridgehead atoms. The number of hydrogen-bond acceptors (Lipinski definition) is 4. The highest BCUT2D eigenvalue weighted by molar-refractivity contribution is 5.92. The van der Waals surface area contributed by atoms with Gasteiger partial charge < -0.3 is 14.7 Å². The number of nitrogens with zero attached hydrogens (tertiary/aromatic N) is 2. The zero-order valence-corrected chi connectivity index (χ0v) is 11.2. The topological polar surface area (TPSA) is 62.7 Å². The van der Waals surface area contributed by atoms with Gasteiger partial charge in [-0.2, -0.15) is 0 Å². The molecule has 20 heavy (non-hydrogen) atoms. The average Bonchev–Trinajstić information content (AvgIpc) is 2.46. The predicted octanol–water partition coefficient (Wildman–Crippen LogP) is 1.91. The van der Waals surface area contributed by atoms with Gasteiger partial charge in [-0.1, -0.05) is 6.07 Å². The van der Waals surface area contributed by atoms with Crippen LogP contribution >= 0.6 is 0 Å². The van der Waals surface area contributed by atoms with Gasteiger partial charge in [0.15, 0.2) is 6.10 Å². The van der Waals surface area contributed by atoms with E-state index in [2.05, 4.69) is 9.88 Å². The fourth-order valence-electron chi connectivity index (χ4n) is 2.65. The second kappa shape index (κ2) is 5.09. The van der Waals surface area contributed by atoms with E-state index in [-0.39, 0.29) is 6.10 Å². The van der Waals surface area contributed by atoms with Crippen molar-refractivity contribution in [2.45, 2.75) is 19.1 Å². The van der Waals surface area contributed by atoms with Gasteiger partial charge in [-0.25, -0.2) is 4.79 Å². The van der Waals surface area contributed by atoms with Gasteiger partial charge in [-0.3, -0.25) is 4.98 Å². The van der Waals surface area contributed by atoms with E-state index in [1.54, 1.807) is 6.20 Å². The molecule has 0 saturated carbocycles. The maximum absolute atomic E-state index is 11.2. The van der Waals surface area contributed by atoms with Crippen molar-refractivity contribution >= 4 is 22.6 Å². The van der Waals surface area contributed by atoms with Gasteiger partial charge >= 0.3 is 5.97 Å². The Balaban J connectivity index is 1.99. The summed E-state index contributed by atoms with van der Waals surface area (Å²) in [4.78, 5) is 17.6. The molecule has 1 aromatic heterocycles. The SMILES string of the molecule is C[C@@H]1CN(c2cccc3ncccc23)C[C@H](C(=O)O)O1. The third-order valence-electron chi connectivity index (χ3n) is 3.50. The zero-order chi connectivity index (χ0) is 14.1. The minimum absolute atomic E-state index is 0.114. The summed E-state index contributed by atoms with van der Waals surface area (Å²) in [7, 11) is 0. The van der Waals surface area contributed by atoms with Crippen LogP contribution in [-0.4, -0.2) is 41.4 Å². The number of fused-ring (bicyclic) bond motifs is 1. The molecule has 5 heteroatoms. The highest BCUT2D eigenvalue weighted by atomic mass is 16.5. The maximum Gasteiger partial charge on any atom is 0.334 e. The van der Waals surface area contributed by atoms with Gasteiger partial charge in [0, 0.05) is 23.8 Å². The van der Waals surface area contributed by atoms with Gasteiger partial charge in [0.2, 0.25) is 0 Å². The van der Waals surface area contributed by atoms with E-state index >= 15 is 0 Å². The van der Waals surface area contributed by atoms with E-state index in [0.717, 1.165) is 16.6 Å². The normalized spacial score (nSPS) is 22.9. The molecule has 3 rings (SSSR count). The number of hydrogen-bond donors (Lipinski definition) is 1. The van der Waals surface area contributed by atoms with Gasteiger partial charge in [-0.05, 0) is 31.2 Å². The number of carboxylic acid groups (broad SMARTS) is 1. The molecule has 1 aliphatic heterocycles. The van der Waals surface area contributed by atoms with Gasteiger partial charge in [-0.15, -0.1) is 0 Å². The van der Waals surface area contributed by atoms with Gasteiger partial charge in [0.25, 0.3) is 0 Å². The second-order valence-electron chi connectivity index (χ2n) is 5.03. The van der Waals surface area contributed by atoms with Crippen LogP contribution in [0.2, 0.25) is 0 Å². The Morgan fingerprint density at radius 3 is 3.00 bits per heavy atom. The van der Waals surface area contributed by atoms with Crippen molar-refractivity contribution in [1.29, 1.82) is 0 Å². The molecule has 0 radical (unpaired) electrons. The third-order valence-corrected chi connectivity index (χ3v) is 3.50. The van der Waals surface area contributed by atoms with Crippen LogP contribution in [0.3, 0.4) is 0 Å². The standard InChI is InChI=1S/C15H16N2O3/c1-10-8-17(9-14(20-10)15(18)19)13-6-2-5-12-11(13)4-3-7-16-12/h2-7,10,14H,8-9H2,1H3,(H,18,19)/t10-,14-/m1/s1. The lowest BCUT2D eigenvalue weighted by Crippen LogP contribution is -2.49. The van der Waals surface area contributed by atoms with Crippen molar-refractivity contribution in [2.24, 2.45) is 0 Å². The van der Waals surface area contributed by atoms with Crippen LogP contribution in [0.25, 0.3) is 10.9 Å². The monoisotopic (exact) mass is 272 g/mol. The summed E-state index contributed by atoms with van der Waals surface area (Å²) in [5.41, 5.74) is 1.92. The Bertz CT molecular complexity index is 639. The van der Waals surface area contributed by atoms with E-state index in [9.17, 15) is 4.79 Å². The minimum atomic E-state index is -0.917. The first kappa shape index (κ1) is 12.9. The fraction of sp³-hybridized carbons (Fsp3) is 0.333. The molecule has 1 saturated heterocycles. The summed E-state index contributed by atoms with van der Waals surface area (Å²) in [5.74, 6) is -0.917. The van der Waals surface area contributed by atoms with Crippen molar-refractivity contribution in [1.82, 2.24) is 4.98 Å². The first-order valence-electron chi connectivity index (χ1n) is 6.62. The Labute approximate surface area is 116 Å². The van der Waals surface area contributed by atoms with E-state index in [1.165, 1.54) is 0 Å². The van der Waals surface area contributed by atoms with Crippen LogP contribution in [0.5, 0.6) is 0 Å². The Morgan fingerprint density at radius 2 is 2.20 bits per heavy atom. The fourth-order valence-corrected chi connectivity index (χ4v) is 2.65. The number of ether oxygens (including phenoxy) is 1. The number of benzene rings is 1. The molecular weight excluding hydrogens is 256 g/mol. The first-order valence-corrected chi connectivity index (χ1v) is 6.62. The molecule has 2 aromatic rings. The molecule has 1 N–H and O–H groups in total. The third kappa shape index (κ3) is 2.32. The molecule has 1 aliphatic rings. The Kier molecular flexibility index (Phi) is 3.28. The summed E-state index contributed by atoms with van der Waals surface area (Å²) in [6.07, 6.45) is 0.858. The molecule has 5 nitrogen and oxygen atoms in total. The van der Waals surface area contributed by atoms with Crippen molar-refractivity contribution in [2.75, 3.05) is 18.0 Å². The summed E-state index contributed by atoms with van der Waals surface area (Å²) < 4.78 is 5.45. The molecule has 104 valence electrons. The summed E-state index contributed by atoms with van der Waals surface area (Å²) in [6.45, 7) is 2.93. The summed E-state index contributed by atoms with van der Waals surface area (Å²) in [6, 6.07) is 9.80. The lowest BCUT2D eigenvalue weighted by molar-refractivity contribution is -0.154. The lowest BCUT2D eigenvalue weighted by atomic mass is 10.1. The highest BCUT2D eigenvalue weighted by Gasteiger charge is 2.30. The molecule has 0 unspecified atom stereocenters. The lowest BCUT2D eigenvalue weighted by Gasteiger charge is -2.36. The molecule has 2 heterocycles. The molecular formula is C15H16N2O3. The van der Waals surface area contributed by atoms with Crippen LogP contribution < -0.4 is 4.90 Å². The molecule has 1 fully saturated rings. The Morgan fingerprint density at radius 1 is 1.35 bits per heavy atom. The number of aromatic nitrogens is 1. The number of carbonyl (C=O) groups is 1. The first-order chi connectivity index (χ1) is 9.65. The maximum atomic E-state index is 11.2. The minimum Gasteiger partial charge on any atom is -0.479 e. The smallest absolute Gasteiger partial charge is 0.334 e. The summed E-state index contributed by atoms with van der Waals surface area (Å²) in [5, 5.41) is 10.2. The zero-order valence-electron chi connectivity index (χ0n) is 11.2. The average molecular weight is 272 g/mol. The quantitative estimate of drug-likeness (QED) is 0.904. The Hall–Kier alpha value is -2.14. The van der Waals surface area contributed by atoms with E-state index in [4.69, 9.17) is 9.84 Å². The van der Waals surface area contributed by atoms with Gasteiger partial charge in [0.05, 0.1) is 18.2 Å². The molecule has 1 aromatic carbocycles. The van der Waals surface area contributed by atoms with Crippen LogP contribution in [0.1, 0.15) is 6.92 Å². The van der Waals surface area contributed by atoms with E-state index in [1.807, 2.05) is 37.3 Å². The molecule has 0 aliphatic carbocycles. The highest BCUT2D eigenvalue weighted by Crippen LogP contribution is 2.28. The number of aliphatic carboxylic acids is 1. The molecule has 0 spiro atoms. The van der Waals surface area contributed by atoms with Crippen molar-refractivity contribution in [3.63, 3.8) is 0 Å². The van der Waals surface area contributed by atoms with Crippen LogP contribution in [0, 0.1) is 0 Å². The number of morpholine rings is 1. The van der Waals surface area contributed by atoms with Gasteiger partial charge in [0.1, 0.15) is 0 Å².